The Bertz CT molecular complexity index is 1360. The van der Waals surface area contributed by atoms with Crippen molar-refractivity contribution in [2.45, 2.75) is 26.3 Å². The van der Waals surface area contributed by atoms with Crippen LogP contribution in [-0.4, -0.2) is 42.9 Å². The molecule has 1 atom stereocenters. The number of imidazole rings is 2. The maximum absolute atomic E-state index is 13.0. The second-order valence-electron chi connectivity index (χ2n) is 8.55. The summed E-state index contributed by atoms with van der Waals surface area (Å²) < 4.78 is 7.75. The molecule has 4 rings (SSSR count). The van der Waals surface area contributed by atoms with Crippen LogP contribution in [0.1, 0.15) is 32.1 Å². The zero-order valence-corrected chi connectivity index (χ0v) is 22.2. The normalized spacial score (nSPS) is 12.3. The number of nitrogens with zero attached hydrogens (tertiary/aromatic N) is 2. The number of H-pyrrole nitrogens is 2. The lowest BCUT2D eigenvalue weighted by Crippen LogP contribution is -2.25. The number of nitrogens with one attached hydrogen (secondary N) is 2. The molecule has 0 aliphatic carbocycles. The van der Waals surface area contributed by atoms with Crippen molar-refractivity contribution in [2.24, 2.45) is 5.92 Å². The van der Waals surface area contributed by atoms with Crippen molar-refractivity contribution in [1.29, 1.82) is 0 Å². The van der Waals surface area contributed by atoms with Crippen LogP contribution in [0.5, 0.6) is 11.6 Å². The monoisotopic (exact) mass is 608 g/mol. The van der Waals surface area contributed by atoms with Crippen LogP contribution >= 0.6 is 34.2 Å². The fraction of sp³-hybridized carbons (Fsp3) is 0.280. The van der Waals surface area contributed by atoms with Gasteiger partial charge in [0.15, 0.2) is 0 Å². The van der Waals surface area contributed by atoms with E-state index >= 15 is 0 Å². The predicted octanol–water partition coefficient (Wildman–Crippen LogP) is 5.20. The number of ether oxygens (including phenoxy) is 1. The molecule has 0 amide bonds. The smallest absolute Gasteiger partial charge is 0.329 e. The molecule has 10 heteroatoms. The Morgan fingerprint density at radius 1 is 1.17 bits per heavy atom. The van der Waals surface area contributed by atoms with Gasteiger partial charge < -0.3 is 24.9 Å². The maximum atomic E-state index is 13.0. The van der Waals surface area contributed by atoms with Gasteiger partial charge in [-0.05, 0) is 71.3 Å². The van der Waals surface area contributed by atoms with Gasteiger partial charge in [0, 0.05) is 14.7 Å². The summed E-state index contributed by atoms with van der Waals surface area (Å²) in [5.41, 5.74) is 2.05. The Morgan fingerprint density at radius 3 is 2.57 bits per heavy atom. The molecular formula is C25H26ClIN4O4. The van der Waals surface area contributed by atoms with Crippen molar-refractivity contribution in [2.75, 3.05) is 13.2 Å². The van der Waals surface area contributed by atoms with E-state index in [0.717, 1.165) is 14.8 Å². The number of hydrogen-bond acceptors (Lipinski definition) is 5. The lowest BCUT2D eigenvalue weighted by Gasteiger charge is -2.19. The van der Waals surface area contributed by atoms with Crippen LogP contribution in [0.4, 0.5) is 0 Å². The van der Waals surface area contributed by atoms with Gasteiger partial charge in [0.25, 0.3) is 0 Å². The highest BCUT2D eigenvalue weighted by molar-refractivity contribution is 14.1. The van der Waals surface area contributed by atoms with E-state index < -0.39 is 11.7 Å². The molecule has 184 valence electrons. The Hall–Kier alpha value is -2.76. The average Bonchev–Trinajstić information content (AvgIpc) is 3.41. The molecule has 0 radical (unpaired) electrons. The van der Waals surface area contributed by atoms with E-state index in [-0.39, 0.29) is 25.0 Å². The van der Waals surface area contributed by atoms with Crippen molar-refractivity contribution in [3.63, 3.8) is 0 Å². The van der Waals surface area contributed by atoms with Crippen LogP contribution in [0.2, 0.25) is 5.02 Å². The van der Waals surface area contributed by atoms with Crippen LogP contribution in [0.25, 0.3) is 22.5 Å². The van der Waals surface area contributed by atoms with Crippen molar-refractivity contribution in [3.8, 4) is 34.1 Å². The largest absolute Gasteiger partial charge is 0.493 e. The van der Waals surface area contributed by atoms with E-state index in [1.165, 1.54) is 4.57 Å². The third-order valence-electron chi connectivity index (χ3n) is 5.54. The van der Waals surface area contributed by atoms with Crippen LogP contribution in [0.3, 0.4) is 0 Å². The summed E-state index contributed by atoms with van der Waals surface area (Å²) in [6, 6.07) is 12.2. The van der Waals surface area contributed by atoms with E-state index in [9.17, 15) is 9.90 Å². The molecule has 0 saturated carbocycles. The summed E-state index contributed by atoms with van der Waals surface area (Å²) in [5, 5.41) is 20.6. The van der Waals surface area contributed by atoms with E-state index in [2.05, 4.69) is 37.5 Å². The standard InChI is InChI=1S/C25H26ClIN4O4/c1-14(2)11-21(23-28-13-20(29-23)18-8-5-16(27)12-19(18)26)31-24(33)22(30-25(31)34)15-3-6-17(7-4-15)35-10-9-32/h3-8,12-14,21,32-33H,9-11H2,1-2H3,(H,28,29)(H,30,34)/t21-/m1/s1. The second kappa shape index (κ2) is 10.9. The number of halogens is 2. The molecule has 35 heavy (non-hydrogen) atoms. The molecule has 2 aromatic heterocycles. The first-order valence-electron chi connectivity index (χ1n) is 11.2. The third-order valence-corrected chi connectivity index (χ3v) is 6.53. The van der Waals surface area contributed by atoms with Crippen LogP contribution < -0.4 is 10.4 Å². The Balaban J connectivity index is 1.71. The van der Waals surface area contributed by atoms with Gasteiger partial charge in [-0.2, -0.15) is 0 Å². The van der Waals surface area contributed by atoms with Crippen molar-refractivity contribution < 1.29 is 14.9 Å². The van der Waals surface area contributed by atoms with Crippen molar-refractivity contribution in [3.05, 3.63) is 73.6 Å². The summed E-state index contributed by atoms with van der Waals surface area (Å²) in [6.07, 6.45) is 2.27. The first kappa shape index (κ1) is 25.3. The Kier molecular flexibility index (Phi) is 7.88. The lowest BCUT2D eigenvalue weighted by atomic mass is 10.0. The molecule has 2 heterocycles. The number of aromatic hydroxyl groups is 1. The van der Waals surface area contributed by atoms with Crippen LogP contribution in [0.15, 0.2) is 53.5 Å². The first-order chi connectivity index (χ1) is 16.8. The molecule has 2 aromatic carbocycles. The number of aliphatic hydroxyl groups is 1. The highest BCUT2D eigenvalue weighted by Crippen LogP contribution is 2.35. The summed E-state index contributed by atoms with van der Waals surface area (Å²) in [6.45, 7) is 4.20. The molecule has 0 fully saturated rings. The van der Waals surface area contributed by atoms with Crippen molar-refractivity contribution in [1.82, 2.24) is 19.5 Å². The first-order valence-corrected chi connectivity index (χ1v) is 12.6. The summed E-state index contributed by atoms with van der Waals surface area (Å²) in [4.78, 5) is 23.7. The quantitative estimate of drug-likeness (QED) is 0.195. The van der Waals surface area contributed by atoms with Crippen LogP contribution in [-0.2, 0) is 0 Å². The number of rotatable bonds is 9. The highest BCUT2D eigenvalue weighted by atomic mass is 127. The SMILES string of the molecule is CC(C)C[C@H](c1ncc(-c2ccc(I)cc2Cl)[nH]1)n1c(O)c(-c2ccc(OCCO)cc2)[nH]c1=O. The Labute approximate surface area is 221 Å². The molecule has 4 N–H and O–H groups in total. The van der Waals surface area contributed by atoms with Gasteiger partial charge >= 0.3 is 5.69 Å². The number of aromatic nitrogens is 4. The summed E-state index contributed by atoms with van der Waals surface area (Å²) in [5.74, 6) is 1.19. The van der Waals surface area contributed by atoms with Gasteiger partial charge in [-0.1, -0.05) is 31.5 Å². The predicted molar refractivity (Wildman–Crippen MR) is 144 cm³/mol. The molecule has 0 aliphatic heterocycles. The molecule has 0 spiro atoms. The van der Waals surface area contributed by atoms with Crippen LogP contribution in [0, 0.1) is 9.49 Å². The van der Waals surface area contributed by atoms with E-state index in [1.807, 2.05) is 32.0 Å². The average molecular weight is 609 g/mol. The number of aromatic amines is 2. The lowest BCUT2D eigenvalue weighted by molar-refractivity contribution is 0.201. The van der Waals surface area contributed by atoms with E-state index in [1.54, 1.807) is 30.5 Å². The van der Waals surface area contributed by atoms with Gasteiger partial charge in [-0.3, -0.25) is 4.57 Å². The molecule has 0 bridgehead atoms. The highest BCUT2D eigenvalue weighted by Gasteiger charge is 2.27. The zero-order valence-electron chi connectivity index (χ0n) is 19.3. The molecule has 4 aromatic rings. The van der Waals surface area contributed by atoms with Gasteiger partial charge in [0.1, 0.15) is 23.9 Å². The molecule has 8 nitrogen and oxygen atoms in total. The number of hydrogen-bond donors (Lipinski definition) is 4. The minimum atomic E-state index is -0.518. The van der Waals surface area contributed by atoms with Gasteiger partial charge in [-0.15, -0.1) is 0 Å². The molecule has 0 aliphatic rings. The van der Waals surface area contributed by atoms with E-state index in [4.69, 9.17) is 21.4 Å². The maximum Gasteiger partial charge on any atom is 0.329 e. The summed E-state index contributed by atoms with van der Waals surface area (Å²) in [7, 11) is 0. The minimum absolute atomic E-state index is 0.0831. The molecule has 0 unspecified atom stereocenters. The Morgan fingerprint density at radius 2 is 1.91 bits per heavy atom. The zero-order chi connectivity index (χ0) is 25.1. The molecular weight excluding hydrogens is 583 g/mol. The molecule has 0 saturated heterocycles. The van der Waals surface area contributed by atoms with E-state index in [0.29, 0.717) is 34.3 Å². The number of benzene rings is 2. The fourth-order valence-electron chi connectivity index (χ4n) is 3.95. The number of aliphatic hydroxyl groups excluding tert-OH is 1. The van der Waals surface area contributed by atoms with Crippen molar-refractivity contribution >= 4 is 34.2 Å². The topological polar surface area (TPSA) is 116 Å². The fourth-order valence-corrected chi connectivity index (χ4v) is 4.91. The minimum Gasteiger partial charge on any atom is -0.493 e. The van der Waals surface area contributed by atoms with Gasteiger partial charge in [-0.25, -0.2) is 9.78 Å². The third kappa shape index (κ3) is 5.57. The second-order valence-corrected chi connectivity index (χ2v) is 10.2. The van der Waals surface area contributed by atoms with Gasteiger partial charge in [0.05, 0.1) is 29.6 Å². The van der Waals surface area contributed by atoms with Gasteiger partial charge in [0.2, 0.25) is 5.88 Å². The summed E-state index contributed by atoms with van der Waals surface area (Å²) >= 11 is 8.64.